The molecule has 4 heterocycles. The molecule has 10 heteroatoms. The molecule has 1 unspecified atom stereocenters. The van der Waals surface area contributed by atoms with Gasteiger partial charge in [0.2, 0.25) is 11.8 Å². The Morgan fingerprint density at radius 3 is 2.89 bits per heavy atom. The number of benzene rings is 1. The summed E-state index contributed by atoms with van der Waals surface area (Å²) in [6, 6.07) is 15.6. The third kappa shape index (κ3) is 5.54. The molecular weight excluding hydrogens is 503 g/mol. The van der Waals surface area contributed by atoms with E-state index in [-0.39, 0.29) is 24.1 Å². The van der Waals surface area contributed by atoms with E-state index in [2.05, 4.69) is 32.2 Å². The number of rotatable bonds is 7. The predicted molar refractivity (Wildman–Crippen MR) is 142 cm³/mol. The van der Waals surface area contributed by atoms with Crippen molar-refractivity contribution in [2.24, 2.45) is 0 Å². The van der Waals surface area contributed by atoms with Gasteiger partial charge in [-0.1, -0.05) is 18.2 Å². The van der Waals surface area contributed by atoms with E-state index in [9.17, 15) is 9.18 Å². The summed E-state index contributed by atoms with van der Waals surface area (Å²) in [6.45, 7) is 2.87. The summed E-state index contributed by atoms with van der Waals surface area (Å²) in [4.78, 5) is 28.9. The van der Waals surface area contributed by atoms with Crippen molar-refractivity contribution in [1.29, 1.82) is 5.26 Å². The van der Waals surface area contributed by atoms with Crippen LogP contribution in [0.3, 0.4) is 0 Å². The lowest BCUT2D eigenvalue weighted by atomic mass is 10.1. The number of nitriles is 1. The van der Waals surface area contributed by atoms with E-state index in [1.807, 2.05) is 25.1 Å². The van der Waals surface area contributed by atoms with Gasteiger partial charge in [-0.15, -0.1) is 11.3 Å². The standard InChI is InChI=1S/C28H25FN6O2S/c1-17-26(22-8-3-6-19(16-30)32-22)34-28(38-17)33-25(36)15-18-10-11-24(21(29)14-18)37-27-20(7-4-12-31-27)23-9-5-13-35(23)2/h3-4,6-8,10-12,14,23H,5,9,13,15H2,1-2H3,(H,33,34,36). The van der Waals surface area contributed by atoms with Crippen LogP contribution < -0.4 is 10.1 Å². The first-order chi connectivity index (χ1) is 18.4. The summed E-state index contributed by atoms with van der Waals surface area (Å²) in [5.74, 6) is -0.446. The summed E-state index contributed by atoms with van der Waals surface area (Å²) in [5.41, 5.74) is 2.89. The molecule has 0 radical (unpaired) electrons. The number of hydrogen-bond donors (Lipinski definition) is 1. The lowest BCUT2D eigenvalue weighted by molar-refractivity contribution is -0.115. The summed E-state index contributed by atoms with van der Waals surface area (Å²) in [7, 11) is 2.06. The fraction of sp³-hybridized carbons (Fsp3) is 0.250. The van der Waals surface area contributed by atoms with Crippen molar-refractivity contribution in [3.05, 3.63) is 82.2 Å². The Kier molecular flexibility index (Phi) is 7.40. The van der Waals surface area contributed by atoms with Crippen LogP contribution in [-0.2, 0) is 11.2 Å². The Hall–Kier alpha value is -4.20. The average Bonchev–Trinajstić information content (AvgIpc) is 3.50. The quantitative estimate of drug-likeness (QED) is 0.330. The maximum Gasteiger partial charge on any atom is 0.230 e. The second-order valence-corrected chi connectivity index (χ2v) is 10.3. The summed E-state index contributed by atoms with van der Waals surface area (Å²) < 4.78 is 20.9. The molecule has 1 N–H and O–H groups in total. The van der Waals surface area contributed by atoms with Crippen LogP contribution >= 0.6 is 11.3 Å². The second-order valence-electron chi connectivity index (χ2n) is 9.07. The molecule has 1 saturated heterocycles. The van der Waals surface area contributed by atoms with Crippen LogP contribution in [0.15, 0.2) is 54.7 Å². The fourth-order valence-electron chi connectivity index (χ4n) is 4.55. The number of carbonyl (C=O) groups is 1. The summed E-state index contributed by atoms with van der Waals surface area (Å²) in [5, 5.41) is 12.3. The minimum atomic E-state index is -0.567. The van der Waals surface area contributed by atoms with Gasteiger partial charge in [0.15, 0.2) is 16.7 Å². The van der Waals surface area contributed by atoms with Crippen LogP contribution in [0.5, 0.6) is 11.6 Å². The number of aromatic nitrogens is 3. The number of carbonyl (C=O) groups excluding carboxylic acids is 1. The monoisotopic (exact) mass is 528 g/mol. The van der Waals surface area contributed by atoms with E-state index in [1.54, 1.807) is 30.5 Å². The van der Waals surface area contributed by atoms with E-state index in [0.29, 0.717) is 33.7 Å². The Balaban J connectivity index is 1.26. The average molecular weight is 529 g/mol. The highest BCUT2D eigenvalue weighted by Gasteiger charge is 2.26. The number of thiazole rings is 1. The zero-order chi connectivity index (χ0) is 26.6. The first kappa shape index (κ1) is 25.4. The largest absolute Gasteiger partial charge is 0.436 e. The molecule has 192 valence electrons. The SMILES string of the molecule is Cc1sc(NC(=O)Cc2ccc(Oc3ncccc3C3CCCN3C)c(F)c2)nc1-c1cccc(C#N)n1. The Morgan fingerprint density at radius 2 is 2.13 bits per heavy atom. The normalized spacial score (nSPS) is 15.3. The van der Waals surface area contributed by atoms with Gasteiger partial charge < -0.3 is 10.1 Å². The molecule has 1 atom stereocenters. The van der Waals surface area contributed by atoms with E-state index in [4.69, 9.17) is 10.00 Å². The van der Waals surface area contributed by atoms with Crippen molar-refractivity contribution in [3.63, 3.8) is 0 Å². The number of amides is 1. The summed E-state index contributed by atoms with van der Waals surface area (Å²) in [6.07, 6.45) is 3.69. The molecule has 1 fully saturated rings. The maximum atomic E-state index is 15.0. The van der Waals surface area contributed by atoms with Crippen LogP contribution in [0.2, 0.25) is 0 Å². The molecule has 0 bridgehead atoms. The number of likely N-dealkylation sites (tertiary alicyclic amines) is 1. The van der Waals surface area contributed by atoms with Crippen molar-refractivity contribution >= 4 is 22.4 Å². The topological polar surface area (TPSA) is 104 Å². The molecule has 0 saturated carbocycles. The number of nitrogens with zero attached hydrogens (tertiary/aromatic N) is 5. The van der Waals surface area contributed by atoms with Crippen LogP contribution in [0.4, 0.5) is 9.52 Å². The van der Waals surface area contributed by atoms with Gasteiger partial charge in [0.1, 0.15) is 17.5 Å². The molecule has 1 aromatic carbocycles. The number of hydrogen-bond acceptors (Lipinski definition) is 8. The lowest BCUT2D eigenvalue weighted by Gasteiger charge is -2.21. The van der Waals surface area contributed by atoms with Gasteiger partial charge in [-0.25, -0.2) is 19.3 Å². The van der Waals surface area contributed by atoms with Gasteiger partial charge in [0, 0.05) is 22.7 Å². The van der Waals surface area contributed by atoms with Crippen molar-refractivity contribution in [2.45, 2.75) is 32.2 Å². The molecule has 4 aromatic rings. The Labute approximate surface area is 223 Å². The van der Waals surface area contributed by atoms with Crippen molar-refractivity contribution in [3.8, 4) is 29.1 Å². The summed E-state index contributed by atoms with van der Waals surface area (Å²) >= 11 is 1.31. The molecule has 1 aliphatic rings. The minimum Gasteiger partial charge on any atom is -0.436 e. The molecule has 0 aliphatic carbocycles. The number of halogens is 1. The van der Waals surface area contributed by atoms with E-state index < -0.39 is 5.82 Å². The Bertz CT molecular complexity index is 1530. The molecule has 1 aliphatic heterocycles. The number of ether oxygens (including phenoxy) is 1. The van der Waals surface area contributed by atoms with Crippen LogP contribution in [-0.4, -0.2) is 39.4 Å². The van der Waals surface area contributed by atoms with Crippen LogP contribution in [0.1, 0.15) is 40.6 Å². The first-order valence-electron chi connectivity index (χ1n) is 12.2. The molecule has 8 nitrogen and oxygen atoms in total. The molecular formula is C28H25FN6O2S. The third-order valence-corrected chi connectivity index (χ3v) is 7.28. The number of pyridine rings is 2. The lowest BCUT2D eigenvalue weighted by Crippen LogP contribution is -2.18. The molecule has 3 aromatic heterocycles. The number of anilines is 1. The molecule has 1 amide bonds. The highest BCUT2D eigenvalue weighted by atomic mass is 32.1. The van der Waals surface area contributed by atoms with Gasteiger partial charge in [0.25, 0.3) is 0 Å². The van der Waals surface area contributed by atoms with Crippen molar-refractivity contribution in [2.75, 3.05) is 18.9 Å². The van der Waals surface area contributed by atoms with E-state index >= 15 is 0 Å². The second kappa shape index (κ2) is 11.0. The van der Waals surface area contributed by atoms with E-state index in [0.717, 1.165) is 29.8 Å². The number of aryl methyl sites for hydroxylation is 1. The van der Waals surface area contributed by atoms with Crippen molar-refractivity contribution < 1.29 is 13.9 Å². The molecule has 5 rings (SSSR count). The first-order valence-corrected chi connectivity index (χ1v) is 13.0. The Morgan fingerprint density at radius 1 is 1.26 bits per heavy atom. The van der Waals surface area contributed by atoms with Gasteiger partial charge in [-0.2, -0.15) is 5.26 Å². The zero-order valence-corrected chi connectivity index (χ0v) is 21.8. The van der Waals surface area contributed by atoms with E-state index in [1.165, 1.54) is 23.5 Å². The van der Waals surface area contributed by atoms with Crippen molar-refractivity contribution in [1.82, 2.24) is 19.9 Å². The smallest absolute Gasteiger partial charge is 0.230 e. The predicted octanol–water partition coefficient (Wildman–Crippen LogP) is 5.66. The molecule has 0 spiro atoms. The maximum absolute atomic E-state index is 15.0. The van der Waals surface area contributed by atoms with Gasteiger partial charge >= 0.3 is 0 Å². The van der Waals surface area contributed by atoms with Gasteiger partial charge in [-0.3, -0.25) is 9.69 Å². The number of nitrogens with one attached hydrogen (secondary N) is 1. The zero-order valence-electron chi connectivity index (χ0n) is 20.9. The fourth-order valence-corrected chi connectivity index (χ4v) is 5.39. The van der Waals surface area contributed by atoms with Crippen LogP contribution in [0, 0.1) is 24.1 Å². The van der Waals surface area contributed by atoms with Gasteiger partial charge in [-0.05, 0) is 69.3 Å². The minimum absolute atomic E-state index is 0.0327. The highest BCUT2D eigenvalue weighted by Crippen LogP contribution is 2.37. The van der Waals surface area contributed by atoms with Gasteiger partial charge in [0.05, 0.1) is 12.1 Å². The third-order valence-electron chi connectivity index (χ3n) is 6.40. The molecule has 38 heavy (non-hydrogen) atoms. The van der Waals surface area contributed by atoms with Crippen LogP contribution in [0.25, 0.3) is 11.4 Å². The highest BCUT2D eigenvalue weighted by molar-refractivity contribution is 7.16.